The number of rotatable bonds is 5. The lowest BCUT2D eigenvalue weighted by atomic mass is 10.3. The largest absolute Gasteiger partial charge is 0.257 e. The van der Waals surface area contributed by atoms with Crippen LogP contribution in [0.5, 0.6) is 0 Å². The molecule has 7 heteroatoms. The van der Waals surface area contributed by atoms with E-state index in [0.717, 1.165) is 21.1 Å². The zero-order chi connectivity index (χ0) is 15.6. The summed E-state index contributed by atoms with van der Waals surface area (Å²) in [6, 6.07) is 7.24. The lowest BCUT2D eigenvalue weighted by Gasteiger charge is -2.16. The maximum atomic E-state index is 12.6. The van der Waals surface area contributed by atoms with Crippen LogP contribution in [-0.2, 0) is 22.4 Å². The fourth-order valence-electron chi connectivity index (χ4n) is 2.01. The minimum absolute atomic E-state index is 0.246. The number of thiophene rings is 1. The number of aryl methyl sites for hydroxylation is 2. The first kappa shape index (κ1) is 16.4. The van der Waals surface area contributed by atoms with E-state index in [-0.39, 0.29) is 6.54 Å². The molecular weight excluding hydrogens is 328 g/mol. The van der Waals surface area contributed by atoms with Gasteiger partial charge in [0, 0.05) is 22.5 Å². The average Bonchev–Trinajstić information content (AvgIpc) is 2.80. The summed E-state index contributed by atoms with van der Waals surface area (Å²) in [7, 11) is -1.96. The van der Waals surface area contributed by atoms with Gasteiger partial charge >= 0.3 is 0 Å². The summed E-state index contributed by atoms with van der Waals surface area (Å²) in [6.45, 7) is 3.93. The molecule has 0 saturated carbocycles. The van der Waals surface area contributed by atoms with Crippen LogP contribution in [0.4, 0.5) is 0 Å². The van der Waals surface area contributed by atoms with E-state index in [0.29, 0.717) is 10.8 Å². The number of pyridine rings is 1. The standard InChI is InChI=1S/C14H17ClN2O2S2/c1-10-5-4-6-12(16-10)9-17(3)21(18,19)14-7-13(8-15)20-11(14)2/h4-7H,8-9H2,1-3H3. The lowest BCUT2D eigenvalue weighted by molar-refractivity contribution is 0.461. The van der Waals surface area contributed by atoms with Crippen molar-refractivity contribution in [3.63, 3.8) is 0 Å². The van der Waals surface area contributed by atoms with Gasteiger partial charge in [-0.3, -0.25) is 4.98 Å². The second kappa shape index (κ2) is 6.44. The van der Waals surface area contributed by atoms with E-state index in [4.69, 9.17) is 11.6 Å². The third kappa shape index (κ3) is 3.63. The van der Waals surface area contributed by atoms with Crippen LogP contribution < -0.4 is 0 Å². The van der Waals surface area contributed by atoms with Crippen LogP contribution >= 0.6 is 22.9 Å². The monoisotopic (exact) mass is 344 g/mol. The first-order valence-electron chi connectivity index (χ1n) is 6.38. The number of aromatic nitrogens is 1. The average molecular weight is 345 g/mol. The van der Waals surface area contributed by atoms with Gasteiger partial charge in [-0.25, -0.2) is 8.42 Å². The molecule has 2 heterocycles. The first-order chi connectivity index (χ1) is 9.84. The molecule has 0 spiro atoms. The van der Waals surface area contributed by atoms with Gasteiger partial charge in [-0.05, 0) is 32.0 Å². The number of alkyl halides is 1. The highest BCUT2D eigenvalue weighted by atomic mass is 35.5. The molecule has 0 radical (unpaired) electrons. The Bertz CT molecular complexity index is 741. The molecule has 0 N–H and O–H groups in total. The van der Waals surface area contributed by atoms with E-state index in [1.54, 1.807) is 20.0 Å². The van der Waals surface area contributed by atoms with Gasteiger partial charge < -0.3 is 0 Å². The highest BCUT2D eigenvalue weighted by Gasteiger charge is 2.25. The van der Waals surface area contributed by atoms with E-state index in [2.05, 4.69) is 4.98 Å². The van der Waals surface area contributed by atoms with Crippen LogP contribution in [0.2, 0.25) is 0 Å². The second-order valence-electron chi connectivity index (χ2n) is 4.80. The van der Waals surface area contributed by atoms with Crippen molar-refractivity contribution >= 4 is 33.0 Å². The van der Waals surface area contributed by atoms with Gasteiger partial charge in [0.2, 0.25) is 10.0 Å². The zero-order valence-electron chi connectivity index (χ0n) is 12.1. The van der Waals surface area contributed by atoms with Crippen LogP contribution in [0.1, 0.15) is 21.1 Å². The van der Waals surface area contributed by atoms with E-state index in [1.165, 1.54) is 15.6 Å². The Balaban J connectivity index is 2.28. The minimum atomic E-state index is -3.52. The third-order valence-corrected chi connectivity index (χ3v) is 6.63. The van der Waals surface area contributed by atoms with E-state index >= 15 is 0 Å². The SMILES string of the molecule is Cc1cccc(CN(C)S(=O)(=O)c2cc(CCl)sc2C)n1. The fraction of sp³-hybridized carbons (Fsp3) is 0.357. The van der Waals surface area contributed by atoms with E-state index in [1.807, 2.05) is 25.1 Å². The van der Waals surface area contributed by atoms with Crippen LogP contribution in [0.25, 0.3) is 0 Å². The molecule has 21 heavy (non-hydrogen) atoms. The smallest absolute Gasteiger partial charge is 0.244 e. The van der Waals surface area contributed by atoms with E-state index in [9.17, 15) is 8.42 Å². The molecule has 0 fully saturated rings. The minimum Gasteiger partial charge on any atom is -0.257 e. The molecule has 0 amide bonds. The van der Waals surface area contributed by atoms with Gasteiger partial charge in [0.1, 0.15) is 0 Å². The Kier molecular flexibility index (Phi) is 5.03. The second-order valence-corrected chi connectivity index (χ2v) is 8.42. The van der Waals surface area contributed by atoms with Crippen LogP contribution in [0.3, 0.4) is 0 Å². The molecule has 2 aromatic rings. The maximum Gasteiger partial charge on any atom is 0.244 e. The number of halogens is 1. The number of nitrogens with zero attached hydrogens (tertiary/aromatic N) is 2. The molecular formula is C14H17ClN2O2S2. The first-order valence-corrected chi connectivity index (χ1v) is 9.18. The number of sulfonamides is 1. The molecule has 0 saturated heterocycles. The van der Waals surface area contributed by atoms with Crippen molar-refractivity contribution in [1.82, 2.24) is 9.29 Å². The van der Waals surface area contributed by atoms with Gasteiger partial charge in [0.05, 0.1) is 23.0 Å². The van der Waals surface area contributed by atoms with Gasteiger partial charge in [-0.1, -0.05) is 6.07 Å². The third-order valence-electron chi connectivity index (χ3n) is 3.07. The van der Waals surface area contributed by atoms with Crippen LogP contribution in [0, 0.1) is 13.8 Å². The Morgan fingerprint density at radius 3 is 2.62 bits per heavy atom. The van der Waals surface area contributed by atoms with Crippen molar-refractivity contribution in [2.24, 2.45) is 0 Å². The number of hydrogen-bond acceptors (Lipinski definition) is 4. The van der Waals surface area contributed by atoms with E-state index < -0.39 is 10.0 Å². The molecule has 114 valence electrons. The Labute approximate surface area is 134 Å². The van der Waals surface area contributed by atoms with Crippen molar-refractivity contribution in [3.8, 4) is 0 Å². The highest BCUT2D eigenvalue weighted by molar-refractivity contribution is 7.89. The summed E-state index contributed by atoms with van der Waals surface area (Å²) in [5.74, 6) is 0.324. The zero-order valence-corrected chi connectivity index (χ0v) is 14.5. The number of hydrogen-bond donors (Lipinski definition) is 0. The van der Waals surface area contributed by atoms with Crippen molar-refractivity contribution in [1.29, 1.82) is 0 Å². The summed E-state index contributed by atoms with van der Waals surface area (Å²) in [4.78, 5) is 6.29. The van der Waals surface area contributed by atoms with Crippen LogP contribution in [0.15, 0.2) is 29.2 Å². The summed E-state index contributed by atoms with van der Waals surface area (Å²) in [5.41, 5.74) is 1.60. The highest BCUT2D eigenvalue weighted by Crippen LogP contribution is 2.29. The molecule has 0 aromatic carbocycles. The molecule has 0 aliphatic carbocycles. The topological polar surface area (TPSA) is 50.3 Å². The normalized spacial score (nSPS) is 12.0. The predicted octanol–water partition coefficient (Wildman–Crippen LogP) is 3.32. The van der Waals surface area contributed by atoms with Crippen molar-refractivity contribution in [2.75, 3.05) is 7.05 Å². The van der Waals surface area contributed by atoms with Crippen LogP contribution in [-0.4, -0.2) is 24.8 Å². The molecule has 4 nitrogen and oxygen atoms in total. The molecule has 0 unspecified atom stereocenters. The summed E-state index contributed by atoms with van der Waals surface area (Å²) in [6.07, 6.45) is 0. The van der Waals surface area contributed by atoms with Crippen molar-refractivity contribution < 1.29 is 8.42 Å². The molecule has 0 atom stereocenters. The summed E-state index contributed by atoms with van der Waals surface area (Å²) < 4.78 is 26.6. The van der Waals surface area contributed by atoms with Gasteiger partial charge in [-0.2, -0.15) is 4.31 Å². The Morgan fingerprint density at radius 2 is 2.05 bits per heavy atom. The Morgan fingerprint density at radius 1 is 1.33 bits per heavy atom. The maximum absolute atomic E-state index is 12.6. The molecule has 0 aliphatic heterocycles. The molecule has 0 aliphatic rings. The molecule has 2 aromatic heterocycles. The Hall–Kier alpha value is -0.950. The van der Waals surface area contributed by atoms with Crippen molar-refractivity contribution in [3.05, 3.63) is 45.4 Å². The van der Waals surface area contributed by atoms with Crippen molar-refractivity contribution in [2.45, 2.75) is 31.2 Å². The van der Waals surface area contributed by atoms with Gasteiger partial charge in [0.25, 0.3) is 0 Å². The predicted molar refractivity (Wildman–Crippen MR) is 86.2 cm³/mol. The lowest BCUT2D eigenvalue weighted by Crippen LogP contribution is -2.27. The quantitative estimate of drug-likeness (QED) is 0.782. The molecule has 2 rings (SSSR count). The fourth-order valence-corrected chi connectivity index (χ4v) is 4.85. The molecule has 0 bridgehead atoms. The summed E-state index contributed by atoms with van der Waals surface area (Å²) in [5, 5.41) is 0. The van der Waals surface area contributed by atoms with Gasteiger partial charge in [0.15, 0.2) is 0 Å². The summed E-state index contributed by atoms with van der Waals surface area (Å²) >= 11 is 7.20. The van der Waals surface area contributed by atoms with Gasteiger partial charge in [-0.15, -0.1) is 22.9 Å².